The van der Waals surface area contributed by atoms with Crippen molar-refractivity contribution in [2.45, 2.75) is 12.6 Å². The van der Waals surface area contributed by atoms with E-state index in [4.69, 9.17) is 4.74 Å². The Balaban J connectivity index is 1.60. The highest BCUT2D eigenvalue weighted by Crippen LogP contribution is 2.11. The van der Waals surface area contributed by atoms with Gasteiger partial charge in [-0.15, -0.1) is 0 Å². The molecule has 0 radical (unpaired) electrons. The Labute approximate surface area is 134 Å². The number of aromatic amines is 1. The van der Waals surface area contributed by atoms with Gasteiger partial charge in [0, 0.05) is 64.6 Å². The van der Waals surface area contributed by atoms with E-state index in [9.17, 15) is 4.79 Å². The number of morpholine rings is 1. The first-order valence-electron chi connectivity index (χ1n) is 7.68. The standard InChI is InChI=1S/C15H22N6O2/c1-19-6-5-16-14(15(19)22)20(2)10-13-11-21(7-8-23-13)9-12-3-4-17-18-12/h3-6,13H,7-11H2,1-2H3,(H,17,18). The lowest BCUT2D eigenvalue weighted by Crippen LogP contribution is -2.47. The zero-order valence-electron chi connectivity index (χ0n) is 13.5. The maximum Gasteiger partial charge on any atom is 0.293 e. The summed E-state index contributed by atoms with van der Waals surface area (Å²) in [7, 11) is 3.60. The number of aromatic nitrogens is 4. The molecule has 1 unspecified atom stereocenters. The summed E-state index contributed by atoms with van der Waals surface area (Å²) in [5.41, 5.74) is 0.998. The van der Waals surface area contributed by atoms with E-state index in [0.717, 1.165) is 25.3 Å². The zero-order valence-corrected chi connectivity index (χ0v) is 13.5. The third-order valence-corrected chi connectivity index (χ3v) is 4.01. The molecule has 0 amide bonds. The van der Waals surface area contributed by atoms with Gasteiger partial charge in [0.1, 0.15) is 0 Å². The van der Waals surface area contributed by atoms with Crippen LogP contribution in [0.1, 0.15) is 5.69 Å². The molecule has 0 aliphatic carbocycles. The quantitative estimate of drug-likeness (QED) is 0.825. The molecule has 1 saturated heterocycles. The van der Waals surface area contributed by atoms with E-state index in [0.29, 0.717) is 19.0 Å². The van der Waals surface area contributed by atoms with Crippen molar-refractivity contribution in [3.63, 3.8) is 0 Å². The van der Waals surface area contributed by atoms with Gasteiger partial charge in [0.15, 0.2) is 5.82 Å². The van der Waals surface area contributed by atoms with Gasteiger partial charge in [0.25, 0.3) is 5.56 Å². The fraction of sp³-hybridized carbons (Fsp3) is 0.533. The molecule has 0 saturated carbocycles. The summed E-state index contributed by atoms with van der Waals surface area (Å²) in [6.07, 6.45) is 5.10. The third kappa shape index (κ3) is 3.77. The highest BCUT2D eigenvalue weighted by molar-refractivity contribution is 5.34. The van der Waals surface area contributed by atoms with Crippen LogP contribution in [-0.4, -0.2) is 64.0 Å². The van der Waals surface area contributed by atoms with Gasteiger partial charge in [-0.25, -0.2) is 4.98 Å². The lowest BCUT2D eigenvalue weighted by atomic mass is 10.2. The second kappa shape index (κ2) is 6.93. The molecule has 0 aromatic carbocycles. The van der Waals surface area contributed by atoms with Gasteiger partial charge in [-0.3, -0.25) is 14.8 Å². The van der Waals surface area contributed by atoms with E-state index in [-0.39, 0.29) is 11.7 Å². The van der Waals surface area contributed by atoms with E-state index in [1.54, 1.807) is 25.6 Å². The minimum Gasteiger partial charge on any atom is -0.374 e. The smallest absolute Gasteiger partial charge is 0.293 e. The molecule has 124 valence electrons. The summed E-state index contributed by atoms with van der Waals surface area (Å²) in [5, 5.41) is 6.96. The van der Waals surface area contributed by atoms with Crippen LogP contribution in [0.25, 0.3) is 0 Å². The normalized spacial score (nSPS) is 19.0. The molecule has 8 nitrogen and oxygen atoms in total. The number of hydrogen-bond acceptors (Lipinski definition) is 6. The summed E-state index contributed by atoms with van der Waals surface area (Å²) in [4.78, 5) is 20.5. The molecule has 23 heavy (non-hydrogen) atoms. The first kappa shape index (κ1) is 15.7. The summed E-state index contributed by atoms with van der Waals surface area (Å²) >= 11 is 0. The highest BCUT2D eigenvalue weighted by atomic mass is 16.5. The number of likely N-dealkylation sites (N-methyl/N-ethyl adjacent to an activating group) is 1. The predicted molar refractivity (Wildman–Crippen MR) is 86.4 cm³/mol. The van der Waals surface area contributed by atoms with E-state index in [1.807, 2.05) is 18.0 Å². The number of nitrogens with one attached hydrogen (secondary N) is 1. The Morgan fingerprint density at radius 3 is 3.13 bits per heavy atom. The van der Waals surface area contributed by atoms with E-state index in [2.05, 4.69) is 20.1 Å². The lowest BCUT2D eigenvalue weighted by molar-refractivity contribution is -0.0268. The van der Waals surface area contributed by atoms with Gasteiger partial charge in [-0.2, -0.15) is 5.10 Å². The molecule has 1 aliphatic heterocycles. The minimum absolute atomic E-state index is 0.0448. The fourth-order valence-corrected chi connectivity index (χ4v) is 2.79. The molecule has 1 N–H and O–H groups in total. The Morgan fingerprint density at radius 1 is 1.48 bits per heavy atom. The molecular weight excluding hydrogens is 296 g/mol. The Kier molecular flexibility index (Phi) is 4.73. The van der Waals surface area contributed by atoms with E-state index < -0.39 is 0 Å². The molecule has 3 heterocycles. The second-order valence-corrected chi connectivity index (χ2v) is 5.86. The molecule has 1 aliphatic rings. The van der Waals surface area contributed by atoms with Crippen molar-refractivity contribution in [2.24, 2.45) is 7.05 Å². The van der Waals surface area contributed by atoms with Crippen LogP contribution >= 0.6 is 0 Å². The van der Waals surface area contributed by atoms with Crippen LogP contribution in [0.15, 0.2) is 29.5 Å². The van der Waals surface area contributed by atoms with Crippen molar-refractivity contribution < 1.29 is 4.74 Å². The molecule has 0 spiro atoms. The molecule has 0 bridgehead atoms. The zero-order chi connectivity index (χ0) is 16.2. The highest BCUT2D eigenvalue weighted by Gasteiger charge is 2.23. The van der Waals surface area contributed by atoms with E-state index in [1.165, 1.54) is 4.57 Å². The van der Waals surface area contributed by atoms with Crippen LogP contribution in [0.2, 0.25) is 0 Å². The number of rotatable bonds is 5. The van der Waals surface area contributed by atoms with Crippen molar-refractivity contribution in [1.29, 1.82) is 0 Å². The van der Waals surface area contributed by atoms with Crippen molar-refractivity contribution in [2.75, 3.05) is 38.2 Å². The second-order valence-electron chi connectivity index (χ2n) is 5.86. The number of nitrogens with zero attached hydrogens (tertiary/aromatic N) is 5. The van der Waals surface area contributed by atoms with E-state index >= 15 is 0 Å². The van der Waals surface area contributed by atoms with Gasteiger partial charge < -0.3 is 14.2 Å². The maximum absolute atomic E-state index is 12.1. The summed E-state index contributed by atoms with van der Waals surface area (Å²) in [6.45, 7) is 3.86. The SMILES string of the molecule is CN(CC1CN(Cc2ccn[nH]2)CCO1)c1nccn(C)c1=O. The maximum atomic E-state index is 12.1. The van der Waals surface area contributed by atoms with Crippen molar-refractivity contribution in [3.8, 4) is 0 Å². The number of anilines is 1. The molecule has 3 rings (SSSR count). The van der Waals surface area contributed by atoms with Crippen LogP contribution < -0.4 is 10.5 Å². The molecular formula is C15H22N6O2. The largest absolute Gasteiger partial charge is 0.374 e. The average Bonchev–Trinajstić information content (AvgIpc) is 3.03. The first-order chi connectivity index (χ1) is 11.1. The number of H-pyrrole nitrogens is 1. The number of ether oxygens (including phenoxy) is 1. The van der Waals surface area contributed by atoms with Crippen molar-refractivity contribution in [1.82, 2.24) is 24.6 Å². The van der Waals surface area contributed by atoms with Crippen LogP contribution in [-0.2, 0) is 18.3 Å². The molecule has 2 aromatic heterocycles. The van der Waals surface area contributed by atoms with Crippen LogP contribution in [0.4, 0.5) is 5.82 Å². The summed E-state index contributed by atoms with van der Waals surface area (Å²) < 4.78 is 7.38. The average molecular weight is 318 g/mol. The van der Waals surface area contributed by atoms with Gasteiger partial charge in [0.05, 0.1) is 12.7 Å². The summed E-state index contributed by atoms with van der Waals surface area (Å²) in [6, 6.07) is 1.98. The van der Waals surface area contributed by atoms with Crippen molar-refractivity contribution in [3.05, 3.63) is 40.7 Å². The number of aryl methyl sites for hydroxylation is 1. The molecule has 2 aromatic rings. The first-order valence-corrected chi connectivity index (χ1v) is 7.68. The fourth-order valence-electron chi connectivity index (χ4n) is 2.79. The Bertz CT molecular complexity index is 684. The predicted octanol–water partition coefficient (Wildman–Crippen LogP) is -0.159. The van der Waals surface area contributed by atoms with Gasteiger partial charge in [-0.05, 0) is 6.07 Å². The minimum atomic E-state index is -0.0971. The van der Waals surface area contributed by atoms with Crippen molar-refractivity contribution >= 4 is 5.82 Å². The molecule has 8 heteroatoms. The third-order valence-electron chi connectivity index (χ3n) is 4.01. The molecule has 1 fully saturated rings. The topological polar surface area (TPSA) is 79.3 Å². The lowest BCUT2D eigenvalue weighted by Gasteiger charge is -2.34. The van der Waals surface area contributed by atoms with Crippen LogP contribution in [0, 0.1) is 0 Å². The van der Waals surface area contributed by atoms with Crippen LogP contribution in [0.5, 0.6) is 0 Å². The Morgan fingerprint density at radius 2 is 2.35 bits per heavy atom. The number of hydrogen-bond donors (Lipinski definition) is 1. The van der Waals surface area contributed by atoms with Gasteiger partial charge in [-0.1, -0.05) is 0 Å². The van der Waals surface area contributed by atoms with Crippen LogP contribution in [0.3, 0.4) is 0 Å². The Hall–Kier alpha value is -2.19. The molecule has 1 atom stereocenters. The monoisotopic (exact) mass is 318 g/mol. The van der Waals surface area contributed by atoms with Gasteiger partial charge >= 0.3 is 0 Å². The van der Waals surface area contributed by atoms with Gasteiger partial charge in [0.2, 0.25) is 0 Å². The summed E-state index contributed by atoms with van der Waals surface area (Å²) in [5.74, 6) is 0.448.